The number of halogens is 3. The van der Waals surface area contributed by atoms with Crippen molar-refractivity contribution in [2.75, 3.05) is 25.1 Å². The molecular weight excluding hydrogens is 433 g/mol. The normalized spacial score (nSPS) is 14.2. The van der Waals surface area contributed by atoms with Crippen LogP contribution < -0.4 is 15.4 Å². The van der Waals surface area contributed by atoms with Gasteiger partial charge in [-0.1, -0.05) is 6.07 Å². The molecule has 0 saturated carbocycles. The molecule has 1 aliphatic rings. The van der Waals surface area contributed by atoms with E-state index in [0.717, 1.165) is 31.0 Å². The number of ether oxygens (including phenoxy) is 1. The van der Waals surface area contributed by atoms with Gasteiger partial charge in [-0.25, -0.2) is 18.2 Å². The predicted octanol–water partition coefficient (Wildman–Crippen LogP) is 4.35. The number of nitrogens with two attached hydrogens (primary N) is 1. The zero-order valence-electron chi connectivity index (χ0n) is 17.8. The second-order valence-corrected chi connectivity index (χ2v) is 7.82. The van der Waals surface area contributed by atoms with Gasteiger partial charge in [-0.3, -0.25) is 0 Å². The van der Waals surface area contributed by atoms with Crippen LogP contribution in [0.25, 0.3) is 22.4 Å². The molecule has 3 aromatic rings. The molecule has 6 nitrogen and oxygen atoms in total. The highest BCUT2D eigenvalue weighted by Gasteiger charge is 2.25. The van der Waals surface area contributed by atoms with E-state index in [1.807, 2.05) is 4.90 Å². The molecule has 0 bridgehead atoms. The summed E-state index contributed by atoms with van der Waals surface area (Å²) in [6, 6.07) is 8.74. The standard InChI is InChI=1S/C24H21F3N4O2/c1-33-21-10-18(26)16(9-19(21)27)23-20(32)11-22(31-6-4-15(29)5-7-31)30-24(23)13-2-3-14(12-28)17(25)8-13/h2-3,8-11,15H,4-7,29H2,1H3,(H,30,32). The zero-order chi connectivity index (χ0) is 23.7. The Hall–Kier alpha value is -3.77. The molecule has 2 heterocycles. The third kappa shape index (κ3) is 4.30. The van der Waals surface area contributed by atoms with Crippen LogP contribution in [0.3, 0.4) is 0 Å². The van der Waals surface area contributed by atoms with Gasteiger partial charge in [0.15, 0.2) is 11.6 Å². The van der Waals surface area contributed by atoms with Crippen LogP contribution in [0.5, 0.6) is 11.5 Å². The minimum atomic E-state index is -0.850. The lowest BCUT2D eigenvalue weighted by Crippen LogP contribution is -2.40. The lowest BCUT2D eigenvalue weighted by atomic mass is 9.96. The Labute approximate surface area is 188 Å². The van der Waals surface area contributed by atoms with E-state index in [9.17, 15) is 18.3 Å². The molecule has 0 spiro atoms. The van der Waals surface area contributed by atoms with Gasteiger partial charge in [0.05, 0.1) is 23.9 Å². The molecule has 1 aliphatic heterocycles. The van der Waals surface area contributed by atoms with E-state index >= 15 is 0 Å². The lowest BCUT2D eigenvalue weighted by Gasteiger charge is -2.31. The fourth-order valence-electron chi connectivity index (χ4n) is 3.91. The molecule has 0 atom stereocenters. The number of pyridine rings is 1. The molecule has 170 valence electrons. The average molecular weight is 454 g/mol. The van der Waals surface area contributed by atoms with Gasteiger partial charge < -0.3 is 20.5 Å². The van der Waals surface area contributed by atoms with Crippen molar-refractivity contribution < 1.29 is 23.0 Å². The van der Waals surface area contributed by atoms with Gasteiger partial charge in [-0.15, -0.1) is 0 Å². The van der Waals surface area contributed by atoms with E-state index in [1.54, 1.807) is 6.07 Å². The second-order valence-electron chi connectivity index (χ2n) is 7.82. The maximum atomic E-state index is 14.9. The van der Waals surface area contributed by atoms with Crippen LogP contribution in [-0.4, -0.2) is 36.3 Å². The third-order valence-electron chi connectivity index (χ3n) is 5.72. The molecule has 1 saturated heterocycles. The van der Waals surface area contributed by atoms with Crippen LogP contribution >= 0.6 is 0 Å². The summed E-state index contributed by atoms with van der Waals surface area (Å²) in [5.74, 6) is -2.72. The molecule has 4 rings (SSSR count). The highest BCUT2D eigenvalue weighted by Crippen LogP contribution is 2.42. The topological polar surface area (TPSA) is 95.4 Å². The van der Waals surface area contributed by atoms with E-state index in [-0.39, 0.29) is 45.5 Å². The first-order valence-corrected chi connectivity index (χ1v) is 10.3. The number of anilines is 1. The van der Waals surface area contributed by atoms with Crippen molar-refractivity contribution in [1.29, 1.82) is 5.26 Å². The fourth-order valence-corrected chi connectivity index (χ4v) is 3.91. The Kier molecular flexibility index (Phi) is 6.11. The van der Waals surface area contributed by atoms with Gasteiger partial charge in [0.1, 0.15) is 29.3 Å². The van der Waals surface area contributed by atoms with E-state index in [4.69, 9.17) is 15.7 Å². The number of aromatic hydroxyl groups is 1. The Morgan fingerprint density at radius 2 is 1.82 bits per heavy atom. The summed E-state index contributed by atoms with van der Waals surface area (Å²) in [4.78, 5) is 6.51. The molecule has 9 heteroatoms. The van der Waals surface area contributed by atoms with Gasteiger partial charge in [-0.05, 0) is 31.0 Å². The van der Waals surface area contributed by atoms with Crippen molar-refractivity contribution >= 4 is 5.82 Å². The van der Waals surface area contributed by atoms with E-state index in [2.05, 4.69) is 4.98 Å². The molecule has 0 radical (unpaired) electrons. The average Bonchev–Trinajstić information content (AvgIpc) is 2.80. The highest BCUT2D eigenvalue weighted by molar-refractivity contribution is 5.87. The number of aromatic nitrogens is 1. The van der Waals surface area contributed by atoms with Gasteiger partial charge in [0.25, 0.3) is 0 Å². The molecule has 1 fully saturated rings. The molecule has 1 aromatic heterocycles. The van der Waals surface area contributed by atoms with Crippen molar-refractivity contribution in [3.05, 3.63) is 59.4 Å². The number of rotatable bonds is 4. The monoisotopic (exact) mass is 454 g/mol. The lowest BCUT2D eigenvalue weighted by molar-refractivity contribution is 0.383. The first kappa shape index (κ1) is 22.4. The third-order valence-corrected chi connectivity index (χ3v) is 5.72. The number of nitriles is 1. The van der Waals surface area contributed by atoms with Gasteiger partial charge in [0.2, 0.25) is 0 Å². The number of methoxy groups -OCH3 is 1. The highest BCUT2D eigenvalue weighted by atomic mass is 19.1. The van der Waals surface area contributed by atoms with Crippen LogP contribution in [0.4, 0.5) is 19.0 Å². The minimum Gasteiger partial charge on any atom is -0.507 e. The summed E-state index contributed by atoms with van der Waals surface area (Å²) >= 11 is 0. The van der Waals surface area contributed by atoms with Crippen LogP contribution in [0, 0.1) is 28.8 Å². The van der Waals surface area contributed by atoms with Crippen LogP contribution in [0.15, 0.2) is 36.4 Å². The summed E-state index contributed by atoms with van der Waals surface area (Å²) < 4.78 is 48.6. The van der Waals surface area contributed by atoms with Crippen LogP contribution in [-0.2, 0) is 0 Å². The van der Waals surface area contributed by atoms with Crippen molar-refractivity contribution in [2.45, 2.75) is 18.9 Å². The molecule has 0 aliphatic carbocycles. The van der Waals surface area contributed by atoms with Crippen molar-refractivity contribution in [2.24, 2.45) is 5.73 Å². The minimum absolute atomic E-state index is 0.0479. The maximum absolute atomic E-state index is 14.9. The summed E-state index contributed by atoms with van der Waals surface area (Å²) in [5.41, 5.74) is 5.68. The second kappa shape index (κ2) is 9.00. The molecule has 3 N–H and O–H groups in total. The van der Waals surface area contributed by atoms with E-state index in [0.29, 0.717) is 18.9 Å². The quantitative estimate of drug-likeness (QED) is 0.609. The Balaban J connectivity index is 1.94. The predicted molar refractivity (Wildman–Crippen MR) is 117 cm³/mol. The van der Waals surface area contributed by atoms with Crippen molar-refractivity contribution in [1.82, 2.24) is 4.98 Å². The molecule has 0 amide bonds. The SMILES string of the molecule is COc1cc(F)c(-c2c(O)cc(N3CCC(N)CC3)nc2-c2ccc(C#N)c(F)c2)cc1F. The van der Waals surface area contributed by atoms with E-state index in [1.165, 1.54) is 25.3 Å². The van der Waals surface area contributed by atoms with Crippen LogP contribution in [0.1, 0.15) is 18.4 Å². The molecule has 33 heavy (non-hydrogen) atoms. The number of hydrogen-bond donors (Lipinski definition) is 2. The first-order chi connectivity index (χ1) is 15.8. The Bertz CT molecular complexity index is 1250. The fraction of sp³-hybridized carbons (Fsp3) is 0.250. The number of hydrogen-bond acceptors (Lipinski definition) is 6. The van der Waals surface area contributed by atoms with Crippen molar-refractivity contribution in [3.8, 4) is 40.0 Å². The summed E-state index contributed by atoms with van der Waals surface area (Å²) in [6.45, 7) is 1.19. The van der Waals surface area contributed by atoms with E-state index < -0.39 is 17.5 Å². The Morgan fingerprint density at radius 1 is 1.09 bits per heavy atom. The zero-order valence-corrected chi connectivity index (χ0v) is 17.8. The summed E-state index contributed by atoms with van der Waals surface area (Å²) in [7, 11) is 1.21. The molecular formula is C24H21F3N4O2. The molecule has 2 aromatic carbocycles. The maximum Gasteiger partial charge on any atom is 0.165 e. The Morgan fingerprint density at radius 3 is 2.45 bits per heavy atom. The number of nitrogens with zero attached hydrogens (tertiary/aromatic N) is 3. The molecule has 0 unspecified atom stereocenters. The van der Waals surface area contributed by atoms with Gasteiger partial charge in [0, 0.05) is 42.4 Å². The van der Waals surface area contributed by atoms with Crippen molar-refractivity contribution in [3.63, 3.8) is 0 Å². The largest absolute Gasteiger partial charge is 0.507 e. The van der Waals surface area contributed by atoms with Gasteiger partial charge >= 0.3 is 0 Å². The number of piperidine rings is 1. The van der Waals surface area contributed by atoms with Crippen LogP contribution in [0.2, 0.25) is 0 Å². The summed E-state index contributed by atoms with van der Waals surface area (Å²) in [5, 5.41) is 20.0. The summed E-state index contributed by atoms with van der Waals surface area (Å²) in [6.07, 6.45) is 1.45. The first-order valence-electron chi connectivity index (χ1n) is 10.3. The smallest absolute Gasteiger partial charge is 0.165 e. The van der Waals surface area contributed by atoms with Gasteiger partial charge in [-0.2, -0.15) is 5.26 Å². The number of benzene rings is 2.